The number of rotatable bonds is 4. The maximum Gasteiger partial charge on any atom is 0.240 e. The van der Waals surface area contributed by atoms with Crippen molar-refractivity contribution in [3.63, 3.8) is 0 Å². The molecule has 1 aromatic heterocycles. The second-order valence-corrected chi connectivity index (χ2v) is 4.32. The number of nitrogens with zero attached hydrogens (tertiary/aromatic N) is 4. The van der Waals surface area contributed by atoms with E-state index in [1.54, 1.807) is 17.1 Å². The molecule has 0 bridgehead atoms. The lowest BCUT2D eigenvalue weighted by atomic mass is 9.87. The van der Waals surface area contributed by atoms with E-state index in [4.69, 9.17) is 5.26 Å². The molecule has 1 aliphatic carbocycles. The van der Waals surface area contributed by atoms with E-state index in [0.717, 1.165) is 12.8 Å². The van der Waals surface area contributed by atoms with Gasteiger partial charge in [0, 0.05) is 12.7 Å². The first kappa shape index (κ1) is 11.6. The van der Waals surface area contributed by atoms with Crippen molar-refractivity contribution in [3.8, 4) is 6.07 Å². The summed E-state index contributed by atoms with van der Waals surface area (Å²) in [7, 11) is 0. The molecule has 0 unspecified atom stereocenters. The molecular formula is C11H15N5O. The van der Waals surface area contributed by atoms with Crippen molar-refractivity contribution in [2.75, 3.05) is 6.54 Å². The second kappa shape index (κ2) is 4.95. The van der Waals surface area contributed by atoms with Crippen molar-refractivity contribution in [3.05, 3.63) is 12.4 Å². The Balaban J connectivity index is 1.83. The molecule has 0 radical (unpaired) electrons. The van der Waals surface area contributed by atoms with Crippen LogP contribution < -0.4 is 5.32 Å². The third-order valence-electron chi connectivity index (χ3n) is 3.20. The van der Waals surface area contributed by atoms with Crippen LogP contribution in [0.25, 0.3) is 0 Å². The quantitative estimate of drug-likeness (QED) is 0.819. The van der Waals surface area contributed by atoms with Gasteiger partial charge in [0.2, 0.25) is 5.91 Å². The van der Waals surface area contributed by atoms with Crippen LogP contribution in [-0.2, 0) is 11.3 Å². The van der Waals surface area contributed by atoms with E-state index in [2.05, 4.69) is 21.7 Å². The van der Waals surface area contributed by atoms with Crippen LogP contribution in [0.3, 0.4) is 0 Å². The Hall–Kier alpha value is -1.90. The maximum atomic E-state index is 11.9. The van der Waals surface area contributed by atoms with Crippen LogP contribution >= 0.6 is 0 Å². The standard InChI is InChI=1S/C11H15N5O/c12-9-11(3-1-2-4-11)10(17)13-5-7-16-8-6-14-15-16/h6,8H,1-5,7H2,(H,13,17). The number of nitrogens with one attached hydrogen (secondary N) is 1. The fourth-order valence-electron chi connectivity index (χ4n) is 2.17. The molecule has 0 spiro atoms. The first-order valence-corrected chi connectivity index (χ1v) is 5.80. The summed E-state index contributed by atoms with van der Waals surface area (Å²) in [5.74, 6) is -0.141. The van der Waals surface area contributed by atoms with Gasteiger partial charge in [-0.1, -0.05) is 18.1 Å². The van der Waals surface area contributed by atoms with Crippen molar-refractivity contribution in [1.29, 1.82) is 5.26 Å². The predicted octanol–water partition coefficient (Wildman–Crippen LogP) is 0.478. The van der Waals surface area contributed by atoms with E-state index in [9.17, 15) is 4.79 Å². The lowest BCUT2D eigenvalue weighted by molar-refractivity contribution is -0.127. The molecule has 0 aromatic carbocycles. The number of amides is 1. The van der Waals surface area contributed by atoms with Crippen LogP contribution in [0.2, 0.25) is 0 Å². The molecule has 0 saturated heterocycles. The normalized spacial score (nSPS) is 17.6. The van der Waals surface area contributed by atoms with E-state index in [0.29, 0.717) is 25.9 Å². The third kappa shape index (κ3) is 2.44. The SMILES string of the molecule is N#CC1(C(=O)NCCn2ccnn2)CCCC1. The first-order valence-electron chi connectivity index (χ1n) is 5.80. The number of hydrogen-bond acceptors (Lipinski definition) is 4. The van der Waals surface area contributed by atoms with Gasteiger partial charge in [-0.15, -0.1) is 5.10 Å². The Morgan fingerprint density at radius 2 is 2.29 bits per heavy atom. The Bertz CT molecular complexity index is 414. The Morgan fingerprint density at radius 3 is 2.88 bits per heavy atom. The molecule has 17 heavy (non-hydrogen) atoms. The largest absolute Gasteiger partial charge is 0.353 e. The zero-order valence-corrected chi connectivity index (χ0v) is 9.59. The highest BCUT2D eigenvalue weighted by Crippen LogP contribution is 2.37. The summed E-state index contributed by atoms with van der Waals surface area (Å²) >= 11 is 0. The number of nitriles is 1. The second-order valence-electron chi connectivity index (χ2n) is 4.32. The van der Waals surface area contributed by atoms with Crippen molar-refractivity contribution >= 4 is 5.91 Å². The highest BCUT2D eigenvalue weighted by atomic mass is 16.2. The number of hydrogen-bond donors (Lipinski definition) is 1. The highest BCUT2D eigenvalue weighted by molar-refractivity contribution is 5.85. The molecule has 1 aliphatic rings. The molecule has 90 valence electrons. The molecule has 6 nitrogen and oxygen atoms in total. The lowest BCUT2D eigenvalue weighted by Crippen LogP contribution is -2.39. The van der Waals surface area contributed by atoms with Gasteiger partial charge in [-0.25, -0.2) is 0 Å². The van der Waals surface area contributed by atoms with E-state index in [-0.39, 0.29) is 5.91 Å². The molecule has 1 aromatic rings. The van der Waals surface area contributed by atoms with E-state index < -0.39 is 5.41 Å². The fraction of sp³-hybridized carbons (Fsp3) is 0.636. The molecule has 1 amide bonds. The minimum absolute atomic E-state index is 0.141. The summed E-state index contributed by atoms with van der Waals surface area (Å²) in [5.41, 5.74) is -0.789. The summed E-state index contributed by atoms with van der Waals surface area (Å²) < 4.78 is 1.65. The van der Waals surface area contributed by atoms with E-state index in [1.807, 2.05) is 0 Å². The summed E-state index contributed by atoms with van der Waals surface area (Å²) in [4.78, 5) is 11.9. The van der Waals surface area contributed by atoms with Gasteiger partial charge in [-0.2, -0.15) is 5.26 Å². The fourth-order valence-corrected chi connectivity index (χ4v) is 2.17. The Kier molecular flexibility index (Phi) is 3.38. The molecule has 0 atom stereocenters. The van der Waals surface area contributed by atoms with Gasteiger partial charge in [0.25, 0.3) is 0 Å². The predicted molar refractivity (Wildman–Crippen MR) is 59.5 cm³/mol. The first-order chi connectivity index (χ1) is 8.27. The number of carbonyl (C=O) groups excluding carboxylic acids is 1. The summed E-state index contributed by atoms with van der Waals surface area (Å²) in [6, 6.07) is 2.17. The molecule has 0 aliphatic heterocycles. The van der Waals surface area contributed by atoms with Crippen molar-refractivity contribution in [2.45, 2.75) is 32.2 Å². The van der Waals surface area contributed by atoms with Crippen LogP contribution in [0.5, 0.6) is 0 Å². The number of aromatic nitrogens is 3. The molecule has 2 rings (SSSR count). The monoisotopic (exact) mass is 233 g/mol. The third-order valence-corrected chi connectivity index (χ3v) is 3.20. The topological polar surface area (TPSA) is 83.6 Å². The summed E-state index contributed by atoms with van der Waals surface area (Å²) in [6.45, 7) is 1.05. The zero-order valence-electron chi connectivity index (χ0n) is 9.59. The molecule has 1 fully saturated rings. The van der Waals surface area contributed by atoms with Gasteiger partial charge < -0.3 is 5.32 Å². The lowest BCUT2D eigenvalue weighted by Gasteiger charge is -2.18. The zero-order chi connectivity index (χ0) is 12.1. The van der Waals surface area contributed by atoms with Crippen molar-refractivity contribution < 1.29 is 4.79 Å². The molecule has 1 saturated carbocycles. The Labute approximate surface area is 99.6 Å². The smallest absolute Gasteiger partial charge is 0.240 e. The van der Waals surface area contributed by atoms with Crippen LogP contribution in [-0.4, -0.2) is 27.4 Å². The van der Waals surface area contributed by atoms with E-state index in [1.165, 1.54) is 0 Å². The van der Waals surface area contributed by atoms with Gasteiger partial charge in [-0.05, 0) is 12.8 Å². The maximum absolute atomic E-state index is 11.9. The van der Waals surface area contributed by atoms with Crippen molar-refractivity contribution in [2.24, 2.45) is 5.41 Å². The van der Waals surface area contributed by atoms with Crippen LogP contribution in [0.15, 0.2) is 12.4 Å². The average molecular weight is 233 g/mol. The van der Waals surface area contributed by atoms with Crippen LogP contribution in [0.1, 0.15) is 25.7 Å². The van der Waals surface area contributed by atoms with Gasteiger partial charge in [0.15, 0.2) is 0 Å². The van der Waals surface area contributed by atoms with Gasteiger partial charge in [-0.3, -0.25) is 9.48 Å². The average Bonchev–Trinajstić information content (AvgIpc) is 3.00. The molecular weight excluding hydrogens is 218 g/mol. The molecule has 1 heterocycles. The van der Waals surface area contributed by atoms with Gasteiger partial charge in [0.1, 0.15) is 5.41 Å². The van der Waals surface area contributed by atoms with Gasteiger partial charge >= 0.3 is 0 Å². The van der Waals surface area contributed by atoms with Gasteiger partial charge in [0.05, 0.1) is 18.8 Å². The van der Waals surface area contributed by atoms with Crippen LogP contribution in [0.4, 0.5) is 0 Å². The highest BCUT2D eigenvalue weighted by Gasteiger charge is 2.41. The Morgan fingerprint density at radius 1 is 1.53 bits per heavy atom. The van der Waals surface area contributed by atoms with E-state index >= 15 is 0 Å². The van der Waals surface area contributed by atoms with Crippen molar-refractivity contribution in [1.82, 2.24) is 20.3 Å². The summed E-state index contributed by atoms with van der Waals surface area (Å²) in [6.07, 6.45) is 6.61. The minimum atomic E-state index is -0.789. The minimum Gasteiger partial charge on any atom is -0.353 e. The summed E-state index contributed by atoms with van der Waals surface area (Å²) in [5, 5.41) is 19.4. The molecule has 1 N–H and O–H groups in total. The number of carbonyl (C=O) groups is 1. The molecule has 6 heteroatoms. The van der Waals surface area contributed by atoms with Crippen LogP contribution in [0, 0.1) is 16.7 Å².